The van der Waals surface area contributed by atoms with Gasteiger partial charge < -0.3 is 19.7 Å². The Bertz CT molecular complexity index is 1460. The topological polar surface area (TPSA) is 75.6 Å². The molecule has 8 heteroatoms. The molecule has 41 heavy (non-hydrogen) atoms. The summed E-state index contributed by atoms with van der Waals surface area (Å²) in [7, 11) is 0. The van der Waals surface area contributed by atoms with E-state index in [0.29, 0.717) is 18.5 Å². The van der Waals surface area contributed by atoms with Crippen LogP contribution in [0.5, 0.6) is 5.88 Å². The van der Waals surface area contributed by atoms with Crippen LogP contribution in [0.15, 0.2) is 72.8 Å². The van der Waals surface area contributed by atoms with Gasteiger partial charge in [-0.05, 0) is 63.1 Å². The fraction of sp³-hybridized carbons (Fsp3) is 0.364. The Morgan fingerprint density at radius 2 is 1.78 bits per heavy atom. The average molecular weight is 551 g/mol. The van der Waals surface area contributed by atoms with Crippen LogP contribution in [-0.4, -0.2) is 58.2 Å². The number of morpholine rings is 1. The van der Waals surface area contributed by atoms with Crippen LogP contribution in [0.3, 0.4) is 0 Å². The van der Waals surface area contributed by atoms with Gasteiger partial charge in [0.1, 0.15) is 18.2 Å². The lowest BCUT2D eigenvalue weighted by molar-refractivity contribution is 0.0983. The van der Waals surface area contributed by atoms with E-state index in [1.54, 1.807) is 0 Å². The maximum absolute atomic E-state index is 5.90. The van der Waals surface area contributed by atoms with Gasteiger partial charge in [0.15, 0.2) is 5.82 Å². The highest BCUT2D eigenvalue weighted by Crippen LogP contribution is 2.32. The van der Waals surface area contributed by atoms with Gasteiger partial charge in [-0.2, -0.15) is 4.98 Å². The van der Waals surface area contributed by atoms with Gasteiger partial charge in [-0.25, -0.2) is 9.97 Å². The van der Waals surface area contributed by atoms with Crippen LogP contribution < -0.4 is 15.0 Å². The standard InChI is InChI=1S/C33H38N6O2/c1-23(2)38-17-16-28-29(20-38)35-32(37-33(28)39-18-19-40-21-24(39)3)26-12-14-27(15-13-26)34-30-10-7-11-31(36-30)41-22-25-8-5-4-6-9-25/h4-15,23-24H,16-22H2,1-3H3,(H,34,36)/t24-/m0/s1. The number of hydrogen-bond donors (Lipinski definition) is 1. The molecule has 1 saturated heterocycles. The van der Waals surface area contributed by atoms with E-state index in [1.165, 1.54) is 5.56 Å². The molecule has 0 spiro atoms. The van der Waals surface area contributed by atoms with Crippen molar-refractivity contribution in [3.05, 3.63) is 89.6 Å². The molecule has 6 rings (SSSR count). The first-order chi connectivity index (χ1) is 20.0. The Labute approximate surface area is 242 Å². The van der Waals surface area contributed by atoms with Crippen LogP contribution >= 0.6 is 0 Å². The van der Waals surface area contributed by atoms with Crippen LogP contribution in [-0.2, 0) is 24.3 Å². The van der Waals surface area contributed by atoms with E-state index < -0.39 is 0 Å². The molecule has 4 aromatic rings. The van der Waals surface area contributed by atoms with Crippen molar-refractivity contribution in [2.45, 2.75) is 52.4 Å². The van der Waals surface area contributed by atoms with Crippen molar-refractivity contribution >= 4 is 17.3 Å². The van der Waals surface area contributed by atoms with Crippen molar-refractivity contribution in [3.63, 3.8) is 0 Å². The first-order valence-corrected chi connectivity index (χ1v) is 14.5. The number of benzene rings is 2. The van der Waals surface area contributed by atoms with Crippen LogP contribution in [0, 0.1) is 0 Å². The lowest BCUT2D eigenvalue weighted by Gasteiger charge is -2.38. The summed E-state index contributed by atoms with van der Waals surface area (Å²) in [6, 6.07) is 24.9. The Morgan fingerprint density at radius 3 is 2.56 bits per heavy atom. The molecular weight excluding hydrogens is 512 g/mol. The van der Waals surface area contributed by atoms with E-state index in [2.05, 4.69) is 65.1 Å². The predicted octanol–water partition coefficient (Wildman–Crippen LogP) is 5.85. The normalized spacial score (nSPS) is 17.4. The quantitative estimate of drug-likeness (QED) is 0.293. The molecule has 2 aliphatic rings. The monoisotopic (exact) mass is 550 g/mol. The summed E-state index contributed by atoms with van der Waals surface area (Å²) in [5.74, 6) is 3.15. The van der Waals surface area contributed by atoms with Crippen molar-refractivity contribution in [1.82, 2.24) is 19.9 Å². The van der Waals surface area contributed by atoms with Gasteiger partial charge in [0.2, 0.25) is 5.88 Å². The zero-order chi connectivity index (χ0) is 28.2. The van der Waals surface area contributed by atoms with E-state index in [4.69, 9.17) is 19.4 Å². The zero-order valence-electron chi connectivity index (χ0n) is 24.1. The number of rotatable bonds is 8. The minimum absolute atomic E-state index is 0.283. The highest BCUT2D eigenvalue weighted by atomic mass is 16.5. The summed E-state index contributed by atoms with van der Waals surface area (Å²) in [6.07, 6.45) is 0.969. The second-order valence-electron chi connectivity index (χ2n) is 11.1. The molecule has 0 aliphatic carbocycles. The number of hydrogen-bond acceptors (Lipinski definition) is 8. The lowest BCUT2D eigenvalue weighted by Crippen LogP contribution is -2.45. The van der Waals surface area contributed by atoms with E-state index in [-0.39, 0.29) is 6.04 Å². The van der Waals surface area contributed by atoms with Crippen LogP contribution in [0.4, 0.5) is 17.3 Å². The summed E-state index contributed by atoms with van der Waals surface area (Å²) in [4.78, 5) is 19.8. The SMILES string of the molecule is CC(C)N1CCc2c(nc(-c3ccc(Nc4cccc(OCc5ccccc5)n4)cc3)nc2N2CCOC[C@@H]2C)C1. The Morgan fingerprint density at radius 1 is 0.951 bits per heavy atom. The molecule has 1 N–H and O–H groups in total. The van der Waals surface area contributed by atoms with E-state index in [1.807, 2.05) is 48.5 Å². The Hall–Kier alpha value is -4.01. The highest BCUT2D eigenvalue weighted by molar-refractivity contribution is 5.66. The molecule has 1 atom stereocenters. The van der Waals surface area contributed by atoms with Crippen molar-refractivity contribution in [1.29, 1.82) is 0 Å². The molecule has 2 aliphatic heterocycles. The van der Waals surface area contributed by atoms with Gasteiger partial charge in [-0.1, -0.05) is 36.4 Å². The van der Waals surface area contributed by atoms with E-state index in [0.717, 1.165) is 79.2 Å². The molecule has 1 fully saturated rings. The minimum Gasteiger partial charge on any atom is -0.473 e. The summed E-state index contributed by atoms with van der Waals surface area (Å²) in [5.41, 5.74) is 5.47. The molecule has 4 heterocycles. The van der Waals surface area contributed by atoms with Gasteiger partial charge in [0.25, 0.3) is 0 Å². The number of anilines is 3. The molecule has 0 bridgehead atoms. The second kappa shape index (κ2) is 12.2. The van der Waals surface area contributed by atoms with Gasteiger partial charge >= 0.3 is 0 Å². The highest BCUT2D eigenvalue weighted by Gasteiger charge is 2.29. The van der Waals surface area contributed by atoms with Crippen molar-refractivity contribution in [2.24, 2.45) is 0 Å². The molecule has 2 aromatic carbocycles. The van der Waals surface area contributed by atoms with Crippen LogP contribution in [0.25, 0.3) is 11.4 Å². The summed E-state index contributed by atoms with van der Waals surface area (Å²) in [6.45, 7) is 11.4. The second-order valence-corrected chi connectivity index (χ2v) is 11.1. The number of pyridine rings is 1. The van der Waals surface area contributed by atoms with E-state index in [9.17, 15) is 0 Å². The summed E-state index contributed by atoms with van der Waals surface area (Å²) < 4.78 is 11.6. The minimum atomic E-state index is 0.283. The third-order valence-electron chi connectivity index (χ3n) is 7.81. The molecule has 0 unspecified atom stereocenters. The molecule has 8 nitrogen and oxygen atoms in total. The van der Waals surface area contributed by atoms with Crippen molar-refractivity contribution in [3.8, 4) is 17.3 Å². The molecule has 0 amide bonds. The molecule has 0 radical (unpaired) electrons. The zero-order valence-corrected chi connectivity index (χ0v) is 24.1. The number of ether oxygens (including phenoxy) is 2. The molecule has 212 valence electrons. The fourth-order valence-electron chi connectivity index (χ4n) is 5.43. The van der Waals surface area contributed by atoms with Crippen LogP contribution in [0.2, 0.25) is 0 Å². The molecule has 0 saturated carbocycles. The van der Waals surface area contributed by atoms with Crippen LogP contribution in [0.1, 0.15) is 37.6 Å². The third kappa shape index (κ3) is 6.34. The fourth-order valence-corrected chi connectivity index (χ4v) is 5.43. The predicted molar refractivity (Wildman–Crippen MR) is 163 cm³/mol. The lowest BCUT2D eigenvalue weighted by atomic mass is 10.0. The number of fused-ring (bicyclic) bond motifs is 1. The maximum Gasteiger partial charge on any atom is 0.215 e. The van der Waals surface area contributed by atoms with Gasteiger partial charge in [-0.15, -0.1) is 0 Å². The number of aromatic nitrogens is 3. The summed E-state index contributed by atoms with van der Waals surface area (Å²) >= 11 is 0. The molecular formula is C33H38N6O2. The average Bonchev–Trinajstić information content (AvgIpc) is 3.00. The first kappa shape index (κ1) is 27.2. The smallest absolute Gasteiger partial charge is 0.215 e. The third-order valence-corrected chi connectivity index (χ3v) is 7.81. The Balaban J connectivity index is 1.22. The summed E-state index contributed by atoms with van der Waals surface area (Å²) in [5, 5.41) is 3.40. The van der Waals surface area contributed by atoms with E-state index >= 15 is 0 Å². The maximum atomic E-state index is 5.90. The van der Waals surface area contributed by atoms with Gasteiger partial charge in [0, 0.05) is 48.6 Å². The first-order valence-electron chi connectivity index (χ1n) is 14.5. The Kier molecular flexibility index (Phi) is 8.11. The largest absolute Gasteiger partial charge is 0.473 e. The van der Waals surface area contributed by atoms with Crippen molar-refractivity contribution in [2.75, 3.05) is 36.5 Å². The van der Waals surface area contributed by atoms with Crippen molar-refractivity contribution < 1.29 is 9.47 Å². The number of nitrogens with one attached hydrogen (secondary N) is 1. The number of nitrogens with zero attached hydrogens (tertiary/aromatic N) is 5. The van der Waals surface area contributed by atoms with Gasteiger partial charge in [0.05, 0.1) is 24.9 Å². The van der Waals surface area contributed by atoms with Gasteiger partial charge in [-0.3, -0.25) is 4.90 Å². The molecule has 2 aromatic heterocycles.